The van der Waals surface area contributed by atoms with Gasteiger partial charge in [0.15, 0.2) is 28.3 Å². The predicted octanol–water partition coefficient (Wildman–Crippen LogP) is 7.22. The van der Waals surface area contributed by atoms with E-state index in [0.717, 1.165) is 55.8 Å². The fourth-order valence-corrected chi connectivity index (χ4v) is 4.82. The third-order valence-electron chi connectivity index (χ3n) is 6.95. The first kappa shape index (κ1) is 33.2. The van der Waals surface area contributed by atoms with E-state index in [1.165, 1.54) is 32.1 Å². The Morgan fingerprint density at radius 3 is 2.23 bits per heavy atom. The Kier molecular flexibility index (Phi) is 14.1. The van der Waals surface area contributed by atoms with Crippen molar-refractivity contribution in [1.82, 2.24) is 4.90 Å². The molecule has 3 rings (SSSR count). The summed E-state index contributed by atoms with van der Waals surface area (Å²) in [6, 6.07) is 8.26. The lowest BCUT2D eigenvalue weighted by molar-refractivity contribution is -0.137. The van der Waals surface area contributed by atoms with Gasteiger partial charge in [0.25, 0.3) is 0 Å². The van der Waals surface area contributed by atoms with Crippen molar-refractivity contribution in [3.63, 3.8) is 0 Å². The first-order chi connectivity index (χ1) is 19.1. The second kappa shape index (κ2) is 17.0. The molecule has 40 heavy (non-hydrogen) atoms. The van der Waals surface area contributed by atoms with E-state index in [1.807, 2.05) is 7.05 Å². The van der Waals surface area contributed by atoms with Gasteiger partial charge >= 0.3 is 5.97 Å². The summed E-state index contributed by atoms with van der Waals surface area (Å²) in [6.07, 6.45) is 10.2. The van der Waals surface area contributed by atoms with E-state index in [1.54, 1.807) is 24.3 Å². The number of carboxylic acid groups (broad SMARTS) is 1. The van der Waals surface area contributed by atoms with Crippen molar-refractivity contribution in [2.45, 2.75) is 71.1 Å². The van der Waals surface area contributed by atoms with E-state index in [0.29, 0.717) is 17.7 Å². The third kappa shape index (κ3) is 10.2. The van der Waals surface area contributed by atoms with E-state index in [-0.39, 0.29) is 22.5 Å². The summed E-state index contributed by atoms with van der Waals surface area (Å²) in [5.41, 5.74) is 6.15. The Labute approximate surface area is 240 Å². The van der Waals surface area contributed by atoms with Gasteiger partial charge in [-0.15, -0.1) is 0 Å². The van der Waals surface area contributed by atoms with E-state index < -0.39 is 23.4 Å². The molecule has 1 aliphatic heterocycles. The van der Waals surface area contributed by atoms with E-state index in [9.17, 15) is 22.8 Å². The molecule has 6 nitrogen and oxygen atoms in total. The lowest BCUT2D eigenvalue weighted by atomic mass is 9.89. The molecule has 0 atom stereocenters. The second-order valence-electron chi connectivity index (χ2n) is 10.1. The zero-order valence-electron chi connectivity index (χ0n) is 23.3. The molecule has 220 valence electrons. The molecule has 3 N–H and O–H groups in total. The highest BCUT2D eigenvalue weighted by Gasteiger charge is 2.26. The van der Waals surface area contributed by atoms with Gasteiger partial charge in [-0.05, 0) is 75.9 Å². The van der Waals surface area contributed by atoms with Crippen molar-refractivity contribution < 1.29 is 27.9 Å². The first-order valence-electron chi connectivity index (χ1n) is 13.8. The molecule has 0 unspecified atom stereocenters. The SMILES string of the molecule is CCCCCCCCCC(=O)O.CN1CCC(C(=O)c2cccc(N(C(N)=S)c3ccc(F)c(F)c3F)c2)CC1. The number of nitrogens with zero attached hydrogens (tertiary/aromatic N) is 2. The number of halogens is 3. The second-order valence-corrected chi connectivity index (χ2v) is 10.5. The van der Waals surface area contributed by atoms with Gasteiger partial charge in [-0.25, -0.2) is 13.2 Å². The normalized spacial score (nSPS) is 13.8. The van der Waals surface area contributed by atoms with E-state index in [2.05, 4.69) is 11.8 Å². The summed E-state index contributed by atoms with van der Waals surface area (Å²) in [6.45, 7) is 3.88. The maximum absolute atomic E-state index is 14.3. The number of thiocarbonyl (C=S) groups is 1. The van der Waals surface area contributed by atoms with Crippen LogP contribution in [-0.4, -0.2) is 47.0 Å². The molecule has 2 aromatic rings. The Morgan fingerprint density at radius 1 is 1.00 bits per heavy atom. The molecule has 0 aliphatic carbocycles. The molecule has 0 amide bonds. The number of piperidine rings is 1. The van der Waals surface area contributed by atoms with Crippen LogP contribution in [0.3, 0.4) is 0 Å². The predicted molar refractivity (Wildman–Crippen MR) is 156 cm³/mol. The number of anilines is 2. The molecule has 0 aromatic heterocycles. The first-order valence-corrected chi connectivity index (χ1v) is 14.2. The van der Waals surface area contributed by atoms with Crippen LogP contribution in [-0.2, 0) is 4.79 Å². The van der Waals surface area contributed by atoms with Crippen LogP contribution in [0.25, 0.3) is 0 Å². The van der Waals surface area contributed by atoms with Crippen LogP contribution in [0.4, 0.5) is 24.5 Å². The zero-order valence-corrected chi connectivity index (χ0v) is 24.1. The van der Waals surface area contributed by atoms with E-state index in [4.69, 9.17) is 23.1 Å². The van der Waals surface area contributed by atoms with Gasteiger partial charge in [0.2, 0.25) is 0 Å². The minimum atomic E-state index is -1.61. The quantitative estimate of drug-likeness (QED) is 0.119. The molecule has 1 heterocycles. The van der Waals surface area contributed by atoms with E-state index >= 15 is 0 Å². The van der Waals surface area contributed by atoms with Crippen LogP contribution in [0.15, 0.2) is 36.4 Å². The number of Topliss-reactive ketones (excluding diaryl/α,β-unsaturated/α-hetero) is 1. The average molecular weight is 580 g/mol. The standard InChI is InChI=1S/C20H20F3N3OS.C10H20O2/c1-25-9-7-12(8-10-25)19(27)13-3-2-4-14(11-13)26(20(24)28)16-6-5-15(21)17(22)18(16)23;1-2-3-4-5-6-7-8-9-10(11)12/h2-6,11-12H,7-10H2,1H3,(H2,24,28);2-9H2,1H3,(H,11,12). The number of unbranched alkanes of at least 4 members (excludes halogenated alkanes) is 6. The monoisotopic (exact) mass is 579 g/mol. The van der Waals surface area contributed by atoms with Crippen LogP contribution in [0.2, 0.25) is 0 Å². The van der Waals surface area contributed by atoms with Crippen molar-refractivity contribution in [3.05, 3.63) is 59.4 Å². The maximum Gasteiger partial charge on any atom is 0.303 e. The largest absolute Gasteiger partial charge is 0.481 e. The summed E-state index contributed by atoms with van der Waals surface area (Å²) in [5, 5.41) is 8.10. The molecule has 1 fully saturated rings. The number of carbonyl (C=O) groups excluding carboxylic acids is 1. The van der Waals surface area contributed by atoms with Gasteiger partial charge in [0.05, 0.1) is 5.69 Å². The topological polar surface area (TPSA) is 86.9 Å². The van der Waals surface area contributed by atoms with Gasteiger partial charge in [0, 0.05) is 23.6 Å². The molecule has 0 saturated carbocycles. The Bertz CT molecular complexity index is 1140. The van der Waals surface area contributed by atoms with Gasteiger partial charge in [-0.2, -0.15) is 0 Å². The number of aliphatic carboxylic acids is 1. The summed E-state index contributed by atoms with van der Waals surface area (Å²) < 4.78 is 41.3. The van der Waals surface area contributed by atoms with Crippen molar-refractivity contribution in [2.75, 3.05) is 25.0 Å². The lowest BCUT2D eigenvalue weighted by Gasteiger charge is -2.28. The highest BCUT2D eigenvalue weighted by atomic mass is 32.1. The molecule has 0 bridgehead atoms. The zero-order chi connectivity index (χ0) is 29.7. The molecule has 1 aliphatic rings. The Morgan fingerprint density at radius 2 is 1.62 bits per heavy atom. The smallest absolute Gasteiger partial charge is 0.303 e. The molecule has 0 radical (unpaired) electrons. The highest BCUT2D eigenvalue weighted by Crippen LogP contribution is 2.31. The van der Waals surface area contributed by atoms with Gasteiger partial charge in [-0.1, -0.05) is 57.6 Å². The third-order valence-corrected chi connectivity index (χ3v) is 7.13. The van der Waals surface area contributed by atoms with Crippen molar-refractivity contribution in [3.8, 4) is 0 Å². The molecule has 10 heteroatoms. The van der Waals surface area contributed by atoms with Gasteiger partial charge < -0.3 is 15.7 Å². The fraction of sp³-hybridized carbons (Fsp3) is 0.500. The molecule has 0 spiro atoms. The molecular weight excluding hydrogens is 539 g/mol. The summed E-state index contributed by atoms with van der Waals surface area (Å²) >= 11 is 4.99. The van der Waals surface area contributed by atoms with Crippen LogP contribution in [0.1, 0.15) is 81.5 Å². The van der Waals surface area contributed by atoms with Crippen LogP contribution >= 0.6 is 12.2 Å². The minimum absolute atomic E-state index is 0.0106. The Balaban J connectivity index is 0.000000395. The molecule has 2 aromatic carbocycles. The lowest BCUT2D eigenvalue weighted by Crippen LogP contribution is -2.34. The van der Waals surface area contributed by atoms with Crippen molar-refractivity contribution in [1.29, 1.82) is 0 Å². The number of benzene rings is 2. The van der Waals surface area contributed by atoms with Gasteiger partial charge in [0.1, 0.15) is 0 Å². The molecule has 1 saturated heterocycles. The number of hydrogen-bond acceptors (Lipinski definition) is 4. The minimum Gasteiger partial charge on any atom is -0.481 e. The summed E-state index contributed by atoms with van der Waals surface area (Å²) in [4.78, 5) is 26.3. The van der Waals surface area contributed by atoms with Crippen molar-refractivity contribution >= 4 is 40.5 Å². The number of likely N-dealkylation sites (tertiary alicyclic amines) is 1. The summed E-state index contributed by atoms with van der Waals surface area (Å²) in [5.74, 6) is -5.09. The van der Waals surface area contributed by atoms with Crippen LogP contribution in [0, 0.1) is 23.4 Å². The van der Waals surface area contributed by atoms with Crippen molar-refractivity contribution in [2.24, 2.45) is 11.7 Å². The number of carboxylic acids is 1. The van der Waals surface area contributed by atoms with Crippen LogP contribution < -0.4 is 10.6 Å². The number of nitrogens with two attached hydrogens (primary N) is 1. The van der Waals surface area contributed by atoms with Crippen LogP contribution in [0.5, 0.6) is 0 Å². The number of ketones is 1. The highest BCUT2D eigenvalue weighted by molar-refractivity contribution is 7.80. The average Bonchev–Trinajstić information content (AvgIpc) is 2.93. The fourth-order valence-electron chi connectivity index (χ4n) is 4.61. The number of hydrogen-bond donors (Lipinski definition) is 2. The molecular formula is C30H40F3N3O3S. The number of rotatable bonds is 12. The van der Waals surface area contributed by atoms with Gasteiger partial charge in [-0.3, -0.25) is 14.5 Å². The number of carbonyl (C=O) groups is 2. The maximum atomic E-state index is 14.3. The Hall–Kier alpha value is -2.98. The summed E-state index contributed by atoms with van der Waals surface area (Å²) in [7, 11) is 2.01.